The van der Waals surface area contributed by atoms with Crippen LogP contribution >= 0.6 is 11.6 Å². The van der Waals surface area contributed by atoms with Crippen LogP contribution in [0, 0.1) is 0 Å². The molecule has 0 radical (unpaired) electrons. The maximum absolute atomic E-state index is 13.1. The molecule has 0 saturated carbocycles. The molecule has 4 aromatic rings. The van der Waals surface area contributed by atoms with Crippen molar-refractivity contribution in [3.05, 3.63) is 93.0 Å². The fourth-order valence-electron chi connectivity index (χ4n) is 10.2. The molecule has 17 heteroatoms. The molecule has 0 saturated heterocycles. The highest BCUT2D eigenvalue weighted by atomic mass is 35.5. The SMILES string of the molecule is COc1cc2c(cc1OC)[C@@H](c1cc(OC)c(OC)c(OC)c1)[N@+](C)(CCCOC(=O)/C(Cl)=C\C(=O)OCCC[N@+]1(C)CCc3cc(OC)c(OC)cc3[C@H]1Cc1cc(OC)c(OC)c(OC)c1)CC2. The number of methoxy groups -OCH3 is 10. The molecule has 0 unspecified atom stereocenters. The van der Waals surface area contributed by atoms with Gasteiger partial charge in [0.15, 0.2) is 46.0 Å². The van der Waals surface area contributed by atoms with Crippen molar-refractivity contribution in [2.24, 2.45) is 0 Å². The molecule has 0 N–H and O–H groups in total. The van der Waals surface area contributed by atoms with Gasteiger partial charge < -0.3 is 65.8 Å². The van der Waals surface area contributed by atoms with E-state index >= 15 is 0 Å². The minimum Gasteiger partial charge on any atom is -0.493 e. The van der Waals surface area contributed by atoms with Gasteiger partial charge in [-0.05, 0) is 65.2 Å². The minimum atomic E-state index is -0.810. The highest BCUT2D eigenvalue weighted by molar-refractivity contribution is 6.42. The average molecular weight is 994 g/mol. The van der Waals surface area contributed by atoms with E-state index in [1.807, 2.05) is 36.4 Å². The Morgan fingerprint density at radius 3 is 1.47 bits per heavy atom. The van der Waals surface area contributed by atoms with Gasteiger partial charge in [-0.15, -0.1) is 0 Å². The van der Waals surface area contributed by atoms with Gasteiger partial charge in [0, 0.05) is 54.9 Å². The number of rotatable bonds is 23. The Balaban J connectivity index is 1.10. The van der Waals surface area contributed by atoms with Crippen molar-refractivity contribution < 1.29 is 75.4 Å². The van der Waals surface area contributed by atoms with Gasteiger partial charge >= 0.3 is 11.9 Å². The van der Waals surface area contributed by atoms with E-state index in [-0.39, 0.29) is 30.3 Å². The lowest BCUT2D eigenvalue weighted by Crippen LogP contribution is -2.52. The van der Waals surface area contributed by atoms with Gasteiger partial charge in [0.25, 0.3) is 0 Å². The number of benzene rings is 4. The summed E-state index contributed by atoms with van der Waals surface area (Å²) >= 11 is 6.36. The molecule has 0 bridgehead atoms. The van der Waals surface area contributed by atoms with E-state index in [0.717, 1.165) is 59.8 Å². The zero-order valence-electron chi connectivity index (χ0n) is 42.6. The van der Waals surface area contributed by atoms with Crippen LogP contribution < -0.4 is 47.4 Å². The van der Waals surface area contributed by atoms with E-state index in [9.17, 15) is 9.59 Å². The lowest BCUT2D eigenvalue weighted by molar-refractivity contribution is -0.941. The second-order valence-corrected chi connectivity index (χ2v) is 18.2. The first-order valence-electron chi connectivity index (χ1n) is 23.2. The second-order valence-electron chi connectivity index (χ2n) is 17.8. The molecule has 2 aliphatic rings. The summed E-state index contributed by atoms with van der Waals surface area (Å²) in [6, 6.07) is 15.9. The number of ether oxygens (including phenoxy) is 12. The van der Waals surface area contributed by atoms with Gasteiger partial charge in [-0.1, -0.05) is 11.6 Å². The summed E-state index contributed by atoms with van der Waals surface area (Å²) < 4.78 is 69.4. The fourth-order valence-corrected chi connectivity index (χ4v) is 10.3. The van der Waals surface area contributed by atoms with Crippen LogP contribution in [0.4, 0.5) is 0 Å². The first-order valence-corrected chi connectivity index (χ1v) is 23.5. The third-order valence-electron chi connectivity index (χ3n) is 13.8. The summed E-state index contributed by atoms with van der Waals surface area (Å²) in [5.74, 6) is 4.29. The topological polar surface area (TPSA) is 145 Å². The molecule has 2 heterocycles. The molecule has 0 spiro atoms. The van der Waals surface area contributed by atoms with Gasteiger partial charge in [-0.2, -0.15) is 0 Å². The van der Waals surface area contributed by atoms with E-state index in [0.29, 0.717) is 98.8 Å². The van der Waals surface area contributed by atoms with Crippen molar-refractivity contribution >= 4 is 23.5 Å². The number of quaternary nitrogens is 2. The predicted octanol–water partition coefficient (Wildman–Crippen LogP) is 7.84. The number of hydrogen-bond donors (Lipinski definition) is 0. The van der Waals surface area contributed by atoms with Gasteiger partial charge in [0.1, 0.15) is 17.1 Å². The van der Waals surface area contributed by atoms with Crippen molar-refractivity contribution in [3.8, 4) is 57.5 Å². The number of likely N-dealkylation sites (N-methyl/N-ethyl adjacent to an activating group) is 2. The summed E-state index contributed by atoms with van der Waals surface area (Å²) in [5.41, 5.74) is 6.47. The Bertz CT molecular complexity index is 2480. The Morgan fingerprint density at radius 1 is 0.543 bits per heavy atom. The van der Waals surface area contributed by atoms with E-state index in [2.05, 4.69) is 26.2 Å². The van der Waals surface area contributed by atoms with Crippen LogP contribution in [-0.4, -0.2) is 145 Å². The van der Waals surface area contributed by atoms with Crippen LogP contribution in [-0.2, 0) is 38.3 Å². The van der Waals surface area contributed by atoms with Gasteiger partial charge in [-0.3, -0.25) is 0 Å². The number of hydrogen-bond acceptors (Lipinski definition) is 14. The number of nitrogens with zero attached hydrogens (tertiary/aromatic N) is 2. The lowest BCUT2D eigenvalue weighted by atomic mass is 9.85. The Kier molecular flexibility index (Phi) is 17.9. The van der Waals surface area contributed by atoms with E-state index in [4.69, 9.17) is 68.4 Å². The molecule has 0 aromatic heterocycles. The standard InChI is InChI=1S/C53H69ClN2O14/c1-55(19-15-34-26-41(59-3)43(61-5)30-37(34)40(55)23-33-24-45(63-7)51(67-11)46(25-33)64-8)17-13-21-69-49(57)32-39(54)53(58)70-22-14-18-56(2)20-16-35-27-42(60-4)44(62-6)31-38(35)50(56)36-28-47(65-9)52(68-12)48(29-36)66-10/h24-32,40,50H,13-23H2,1-12H3/q+2/b39-32+/t40-,50-,55-,56-/m1/s1. The normalized spacial score (nSPS) is 19.4. The van der Waals surface area contributed by atoms with Crippen molar-refractivity contribution in [2.45, 2.75) is 44.2 Å². The molecule has 70 heavy (non-hydrogen) atoms. The van der Waals surface area contributed by atoms with Crippen LogP contribution in [0.3, 0.4) is 0 Å². The molecular weight excluding hydrogens is 924 g/mol. The summed E-state index contributed by atoms with van der Waals surface area (Å²) in [7, 11) is 20.5. The molecule has 4 atom stereocenters. The van der Waals surface area contributed by atoms with Crippen molar-refractivity contribution in [1.29, 1.82) is 0 Å². The number of fused-ring (bicyclic) bond motifs is 2. The molecular formula is C53H69ClN2O14+2. The molecule has 0 fully saturated rings. The maximum atomic E-state index is 13.1. The number of halogens is 1. The summed E-state index contributed by atoms with van der Waals surface area (Å²) in [5, 5.41) is -0.366. The summed E-state index contributed by atoms with van der Waals surface area (Å²) in [4.78, 5) is 26.1. The molecule has 4 aromatic carbocycles. The largest absolute Gasteiger partial charge is 0.493 e. The molecule has 6 rings (SSSR count). The molecule has 380 valence electrons. The molecule has 16 nitrogen and oxygen atoms in total. The number of carbonyl (C=O) groups is 2. The van der Waals surface area contributed by atoms with Crippen molar-refractivity contribution in [2.75, 3.05) is 125 Å². The first kappa shape index (κ1) is 53.1. The molecule has 0 amide bonds. The maximum Gasteiger partial charge on any atom is 0.350 e. The fraction of sp³-hybridized carbons (Fsp3) is 0.472. The molecule has 0 aliphatic carbocycles. The minimum absolute atomic E-state index is 0.0190. The highest BCUT2D eigenvalue weighted by Gasteiger charge is 2.43. The highest BCUT2D eigenvalue weighted by Crippen LogP contribution is 2.49. The van der Waals surface area contributed by atoms with Crippen LogP contribution in [0.1, 0.15) is 58.3 Å². The quantitative estimate of drug-likeness (QED) is 0.0308. The van der Waals surface area contributed by atoms with Crippen LogP contribution in [0.2, 0.25) is 0 Å². The van der Waals surface area contributed by atoms with E-state index in [1.165, 1.54) is 5.56 Å². The monoisotopic (exact) mass is 992 g/mol. The van der Waals surface area contributed by atoms with Crippen LogP contribution in [0.5, 0.6) is 57.5 Å². The Labute approximate surface area is 416 Å². The number of carbonyl (C=O) groups excluding carboxylic acids is 2. The van der Waals surface area contributed by atoms with E-state index < -0.39 is 11.9 Å². The van der Waals surface area contributed by atoms with Crippen molar-refractivity contribution in [1.82, 2.24) is 0 Å². The molecule has 2 aliphatic heterocycles. The average Bonchev–Trinajstić information content (AvgIpc) is 3.37. The van der Waals surface area contributed by atoms with Crippen LogP contribution in [0.25, 0.3) is 0 Å². The summed E-state index contributed by atoms with van der Waals surface area (Å²) in [6.07, 6.45) is 4.25. The zero-order valence-corrected chi connectivity index (χ0v) is 43.4. The number of esters is 2. The second kappa shape index (κ2) is 23.6. The van der Waals surface area contributed by atoms with Crippen molar-refractivity contribution in [3.63, 3.8) is 0 Å². The third kappa shape index (κ3) is 11.3. The smallest absolute Gasteiger partial charge is 0.350 e. The first-order chi connectivity index (χ1) is 33.7. The zero-order chi connectivity index (χ0) is 50.8. The Morgan fingerprint density at radius 2 is 0.971 bits per heavy atom. The lowest BCUT2D eigenvalue weighted by Gasteiger charge is -2.46. The third-order valence-corrected chi connectivity index (χ3v) is 14.1. The Hall–Kier alpha value is -6.23. The van der Waals surface area contributed by atoms with E-state index in [1.54, 1.807) is 71.1 Å². The van der Waals surface area contributed by atoms with Gasteiger partial charge in [0.05, 0.1) is 125 Å². The van der Waals surface area contributed by atoms with Gasteiger partial charge in [0.2, 0.25) is 11.5 Å². The van der Waals surface area contributed by atoms with Gasteiger partial charge in [-0.25, -0.2) is 9.59 Å². The predicted molar refractivity (Wildman–Crippen MR) is 264 cm³/mol. The van der Waals surface area contributed by atoms with Crippen LogP contribution in [0.15, 0.2) is 59.6 Å². The summed E-state index contributed by atoms with van der Waals surface area (Å²) in [6.45, 7) is 3.09.